The van der Waals surface area contributed by atoms with Crippen molar-refractivity contribution in [3.8, 4) is 33.8 Å². The van der Waals surface area contributed by atoms with Crippen molar-refractivity contribution in [2.45, 2.75) is 24.5 Å². The maximum absolute atomic E-state index is 14.9. The number of H-pyrrole nitrogens is 1. The van der Waals surface area contributed by atoms with Crippen molar-refractivity contribution in [1.29, 1.82) is 0 Å². The minimum Gasteiger partial charge on any atom is -0.454 e. The first-order chi connectivity index (χ1) is 32.5. The van der Waals surface area contributed by atoms with Crippen molar-refractivity contribution in [2.24, 2.45) is 0 Å². The van der Waals surface area contributed by atoms with Gasteiger partial charge in [0.1, 0.15) is 10.6 Å². The Morgan fingerprint density at radius 2 is 1.31 bits per heavy atom. The van der Waals surface area contributed by atoms with Crippen LogP contribution < -0.4 is 21.3 Å². The number of nitrogen functional groups attached to an aromatic ring is 1. The number of fused-ring (bicyclic) bond motifs is 2. The van der Waals surface area contributed by atoms with Crippen LogP contribution in [0.15, 0.2) is 138 Å². The summed E-state index contributed by atoms with van der Waals surface area (Å²) in [5.74, 6) is -1.72. The highest BCUT2D eigenvalue weighted by Gasteiger charge is 2.35. The fourth-order valence-corrected chi connectivity index (χ4v) is 9.80. The normalized spacial score (nSPS) is 12.3. The maximum atomic E-state index is 14.9. The van der Waals surface area contributed by atoms with Crippen LogP contribution in [0.25, 0.3) is 33.2 Å². The van der Waals surface area contributed by atoms with Gasteiger partial charge in [-0.1, -0.05) is 69.7 Å². The molecule has 1 heterocycles. The van der Waals surface area contributed by atoms with Crippen LogP contribution in [0, 0.1) is 0 Å². The van der Waals surface area contributed by atoms with E-state index in [2.05, 4.69) is 34.1 Å². The number of aromatic nitrogens is 1. The van der Waals surface area contributed by atoms with Gasteiger partial charge in [0.25, 0.3) is 25.8 Å². The van der Waals surface area contributed by atoms with E-state index in [9.17, 15) is 40.3 Å². The summed E-state index contributed by atoms with van der Waals surface area (Å²) in [5, 5.41) is 41.1. The van der Waals surface area contributed by atoms with Crippen LogP contribution in [0.2, 0.25) is 0 Å². The first-order valence-corrected chi connectivity index (χ1v) is 23.7. The number of nitrogens with one attached hydrogen (secondary N) is 2. The number of benzene rings is 6. The average Bonchev–Trinajstić information content (AvgIpc) is 3.31. The van der Waals surface area contributed by atoms with Crippen molar-refractivity contribution >= 4 is 95.9 Å². The Kier molecular flexibility index (Phi) is 14.0. The number of rotatable bonds is 18. The number of carbonyl (C=O) groups is 2. The van der Waals surface area contributed by atoms with Crippen molar-refractivity contribution < 1.29 is 84.2 Å². The van der Waals surface area contributed by atoms with Gasteiger partial charge in [0, 0.05) is 33.0 Å². The second kappa shape index (κ2) is 19.8. The minimum absolute atomic E-state index is 0.0244. The van der Waals surface area contributed by atoms with Crippen molar-refractivity contribution in [3.05, 3.63) is 142 Å². The van der Waals surface area contributed by atoms with E-state index in [0.717, 1.165) is 12.1 Å². The van der Waals surface area contributed by atoms with Crippen LogP contribution in [0.1, 0.15) is 31.8 Å². The molecule has 27 heteroatoms. The number of pyridine rings is 1. The van der Waals surface area contributed by atoms with Gasteiger partial charge in [-0.3, -0.25) is 23.5 Å². The first-order valence-electron chi connectivity index (χ1n) is 18.6. The number of aromatic amines is 1. The summed E-state index contributed by atoms with van der Waals surface area (Å²) in [6.45, 7) is 0. The molecule has 0 saturated heterocycles. The molecule has 22 nitrogen and oxygen atoms in total. The Hall–Kier alpha value is -6.22. The van der Waals surface area contributed by atoms with Crippen LogP contribution in [-0.4, -0.2) is 58.3 Å². The van der Waals surface area contributed by atoms with Gasteiger partial charge in [-0.25, -0.2) is 15.8 Å². The lowest BCUT2D eigenvalue weighted by Crippen LogP contribution is -2.24. The zero-order chi connectivity index (χ0) is 48.5. The van der Waals surface area contributed by atoms with Crippen molar-refractivity contribution in [3.63, 3.8) is 0 Å². The number of ketones is 2. The molecular weight excluding hydrogens is 999 g/mol. The molecule has 0 aliphatic heterocycles. The molecule has 0 unspecified atom stereocenters. The van der Waals surface area contributed by atoms with E-state index in [4.69, 9.17) is 30.6 Å². The molecule has 6 aromatic carbocycles. The molecule has 0 fully saturated rings. The van der Waals surface area contributed by atoms with Crippen molar-refractivity contribution in [2.75, 3.05) is 11.1 Å². The number of anilines is 3. The molecule has 9 N–H and O–H groups in total. The number of hydrogen-bond acceptors (Lipinski definition) is 22. The summed E-state index contributed by atoms with van der Waals surface area (Å²) in [6, 6.07) is 24.7. The lowest BCUT2D eigenvalue weighted by Gasteiger charge is -2.26. The summed E-state index contributed by atoms with van der Waals surface area (Å²) < 4.78 is 87.7. The second-order valence-corrected chi connectivity index (χ2v) is 19.0. The van der Waals surface area contributed by atoms with Gasteiger partial charge < -0.3 is 20.8 Å². The predicted octanol–water partition coefficient (Wildman–Crippen LogP) is 8.53. The number of carbonyl (C=O) groups excluding carboxylic acids is 2. The lowest BCUT2D eigenvalue weighted by molar-refractivity contribution is -0.432. The molecule has 1 aliphatic carbocycles. The van der Waals surface area contributed by atoms with E-state index >= 15 is 0 Å². The molecule has 1 aliphatic rings. The topological polar surface area (TPSA) is 339 Å². The quantitative estimate of drug-likeness (QED) is 0.00996. The molecule has 0 bridgehead atoms. The minimum atomic E-state index is -4.94. The Bertz CT molecular complexity index is 3460. The molecule has 0 radical (unpaired) electrons. The van der Waals surface area contributed by atoms with Gasteiger partial charge in [0.15, 0.2) is 17.3 Å². The van der Waals surface area contributed by atoms with E-state index in [0.29, 0.717) is 35.2 Å². The Labute approximate surface area is 394 Å². The van der Waals surface area contributed by atoms with E-state index in [1.54, 1.807) is 18.2 Å². The smallest absolute Gasteiger partial charge is 0.296 e. The summed E-state index contributed by atoms with van der Waals surface area (Å²) in [4.78, 5) is 45.8. The zero-order valence-electron chi connectivity index (χ0n) is 33.5. The van der Waals surface area contributed by atoms with E-state index < -0.39 is 53.5 Å². The molecule has 0 spiro atoms. The Morgan fingerprint density at radius 1 is 0.647 bits per heavy atom. The van der Waals surface area contributed by atoms with E-state index in [1.807, 2.05) is 0 Å². The third kappa shape index (κ3) is 9.72. The van der Waals surface area contributed by atoms with Crippen molar-refractivity contribution in [1.82, 2.24) is 4.98 Å². The molecule has 1 aromatic heterocycles. The zero-order valence-corrected chi connectivity index (χ0v) is 37.5. The Balaban J connectivity index is 1.40. The number of nitrogens with two attached hydrogens (primary N) is 1. The summed E-state index contributed by atoms with van der Waals surface area (Å²) in [7, 11) is -9.46. The lowest BCUT2D eigenvalue weighted by atomic mass is 9.80. The highest BCUT2D eigenvalue weighted by molar-refractivity contribution is 7.95. The van der Waals surface area contributed by atoms with Gasteiger partial charge in [-0.15, -0.1) is 13.0 Å². The fraction of sp³-hybridized carbons (Fsp3) is 0. The summed E-state index contributed by atoms with van der Waals surface area (Å²) in [5.41, 5.74) is 4.77. The Morgan fingerprint density at radius 3 is 1.99 bits per heavy atom. The number of hydrogen-bond donors (Lipinski definition) is 8. The summed E-state index contributed by atoms with van der Waals surface area (Å²) >= 11 is 1.27. The largest absolute Gasteiger partial charge is 0.454 e. The highest BCUT2D eigenvalue weighted by atomic mass is 32.2. The summed E-state index contributed by atoms with van der Waals surface area (Å²) in [6.07, 6.45) is 0. The molecule has 350 valence electrons. The number of ether oxygens (including phenoxy) is 1. The van der Waals surface area contributed by atoms with Crippen LogP contribution in [-0.2, 0) is 48.4 Å². The third-order valence-electron chi connectivity index (χ3n) is 10.0. The van der Waals surface area contributed by atoms with E-state index in [1.165, 1.54) is 78.9 Å². The first kappa shape index (κ1) is 48.2. The molecule has 0 saturated carbocycles. The van der Waals surface area contributed by atoms with Crippen LogP contribution >= 0.6 is 36.1 Å². The standard InChI is InChI=1S/C41H27N3O19S5/c42-26-16-27(31(65-62-59-49)18-33(26)68(54,55)56)43-28-17-30(57-29-13-10-20(15-32(29)66-63-60-50)19-8-11-23(12-9-19)67(51,52)53)38-36-34(24-6-1-2-7-25(24)40(46)35(28)36)37(41(47)44-38)39(45)21-4-3-5-22(14-21)64-61-58-48/h1-18,43,48-50H,42H2,(H,44,47)(H,51,52,53)(H,54,55,56). The second-order valence-electron chi connectivity index (χ2n) is 13.9. The van der Waals surface area contributed by atoms with Gasteiger partial charge in [0.05, 0.1) is 84.5 Å². The SMILES string of the molecule is Nc1cc(Nc2cc(Oc3ccc(-c4ccc(S(=O)(=O)O)cc4)cc3SOOO)c3[nH]c(=O)c(C(=O)c4cccc(SOOO)c4)c4c3c2C(=O)c2ccccc2-4)c(SOOO)cc1S(=O)(=O)O. The average molecular weight is 1030 g/mol. The molecule has 8 rings (SSSR count). The molecule has 0 atom stereocenters. The molecule has 68 heavy (non-hydrogen) atoms. The molecule has 0 amide bonds. The molecule has 7 aromatic rings. The van der Waals surface area contributed by atoms with Gasteiger partial charge in [-0.05, 0) is 65.2 Å². The van der Waals surface area contributed by atoms with Crippen LogP contribution in [0.3, 0.4) is 0 Å². The fourth-order valence-electron chi connectivity index (χ4n) is 7.26. The van der Waals surface area contributed by atoms with E-state index in [-0.39, 0.29) is 93.2 Å². The van der Waals surface area contributed by atoms with Crippen LogP contribution in [0.5, 0.6) is 11.5 Å². The predicted molar refractivity (Wildman–Crippen MR) is 241 cm³/mol. The molecular formula is C41H27N3O19S5. The van der Waals surface area contributed by atoms with Gasteiger partial charge in [0.2, 0.25) is 0 Å². The van der Waals surface area contributed by atoms with Gasteiger partial charge in [-0.2, -0.15) is 16.8 Å². The highest BCUT2D eigenvalue weighted by Crippen LogP contribution is 2.49. The monoisotopic (exact) mass is 1020 g/mol. The third-order valence-corrected chi connectivity index (χ3v) is 13.7. The van der Waals surface area contributed by atoms with Crippen LogP contribution in [0.4, 0.5) is 17.1 Å². The van der Waals surface area contributed by atoms with Gasteiger partial charge >= 0.3 is 0 Å². The maximum Gasteiger partial charge on any atom is 0.296 e.